The van der Waals surface area contributed by atoms with Crippen molar-refractivity contribution >= 4 is 35.6 Å². The Hall–Kier alpha value is -1.97. The molecule has 1 fully saturated rings. The maximum atomic E-state index is 12.2. The van der Waals surface area contributed by atoms with Gasteiger partial charge < -0.3 is 9.34 Å². The summed E-state index contributed by atoms with van der Waals surface area (Å²) >= 11 is 1.31. The second kappa shape index (κ2) is 8.15. The van der Waals surface area contributed by atoms with Crippen molar-refractivity contribution in [3.63, 3.8) is 0 Å². The number of allylic oxidation sites excluding steroid dienone is 1. The van der Waals surface area contributed by atoms with Crippen molar-refractivity contribution in [3.8, 4) is 0 Å². The Labute approximate surface area is 159 Å². The molecule has 1 aliphatic heterocycles. The largest absolute Gasteiger partial charge is 0.318 e. The van der Waals surface area contributed by atoms with Gasteiger partial charge >= 0.3 is 0 Å². The molecule has 0 saturated carbocycles. The van der Waals surface area contributed by atoms with Crippen LogP contribution in [0.2, 0.25) is 0 Å². The number of rotatable bonds is 6. The molecule has 0 amide bonds. The van der Waals surface area contributed by atoms with Crippen molar-refractivity contribution in [1.29, 1.82) is 5.16 Å². The summed E-state index contributed by atoms with van der Waals surface area (Å²) in [5.74, 6) is 0.750. The fourth-order valence-corrected chi connectivity index (χ4v) is 6.94. The normalized spacial score (nSPS) is 15.9. The molecule has 1 N–H and O–H groups in total. The van der Waals surface area contributed by atoms with Gasteiger partial charge in [0.15, 0.2) is 12.5 Å². The monoisotopic (exact) mass is 385 g/mol. The van der Waals surface area contributed by atoms with Gasteiger partial charge in [-0.1, -0.05) is 61.7 Å². The Kier molecular flexibility index (Phi) is 5.90. The van der Waals surface area contributed by atoms with E-state index in [2.05, 4.69) is 15.9 Å². The predicted octanol–water partition coefficient (Wildman–Crippen LogP) is 5.81. The SMILES string of the molecule is C=C(CC(=O)SCC)P1(=N)N(c2ccccc2)CCN1c1ccccc1. The van der Waals surface area contributed by atoms with E-state index in [-0.39, 0.29) is 11.5 Å². The number of carbonyl (C=O) groups is 1. The highest BCUT2D eigenvalue weighted by molar-refractivity contribution is 8.13. The molecule has 4 nitrogen and oxygen atoms in total. The van der Waals surface area contributed by atoms with Gasteiger partial charge in [-0.3, -0.25) is 9.96 Å². The maximum absolute atomic E-state index is 12.2. The molecule has 1 aliphatic rings. The summed E-state index contributed by atoms with van der Waals surface area (Å²) in [5.41, 5.74) is 2.04. The zero-order valence-corrected chi connectivity index (χ0v) is 16.7. The fraction of sp³-hybridized carbons (Fsp3) is 0.250. The van der Waals surface area contributed by atoms with E-state index >= 15 is 0 Å². The first kappa shape index (κ1) is 18.8. The minimum atomic E-state index is -2.66. The average molecular weight is 385 g/mol. The third-order valence-electron chi connectivity index (χ3n) is 4.43. The third kappa shape index (κ3) is 3.60. The van der Waals surface area contributed by atoms with Crippen molar-refractivity contribution in [2.75, 3.05) is 28.2 Å². The van der Waals surface area contributed by atoms with Crippen LogP contribution in [0.5, 0.6) is 0 Å². The lowest BCUT2D eigenvalue weighted by molar-refractivity contribution is -0.110. The van der Waals surface area contributed by atoms with Crippen LogP contribution >= 0.6 is 19.1 Å². The summed E-state index contributed by atoms with van der Waals surface area (Å²) in [7, 11) is -2.66. The maximum Gasteiger partial charge on any atom is 0.193 e. The minimum absolute atomic E-state index is 0.0945. The van der Waals surface area contributed by atoms with Gasteiger partial charge in [-0.05, 0) is 30.0 Å². The molecule has 0 radical (unpaired) electrons. The van der Waals surface area contributed by atoms with Crippen LogP contribution in [-0.4, -0.2) is 24.0 Å². The Morgan fingerprint density at radius 2 is 1.50 bits per heavy atom. The predicted molar refractivity (Wildman–Crippen MR) is 114 cm³/mol. The zero-order valence-electron chi connectivity index (χ0n) is 15.0. The molecular formula is C20H24N3OPS. The molecule has 1 heterocycles. The van der Waals surface area contributed by atoms with Crippen LogP contribution in [0.3, 0.4) is 0 Å². The van der Waals surface area contributed by atoms with Crippen LogP contribution < -0.4 is 9.34 Å². The topological polar surface area (TPSA) is 47.4 Å². The van der Waals surface area contributed by atoms with Crippen molar-refractivity contribution < 1.29 is 4.79 Å². The molecule has 136 valence electrons. The molecule has 0 spiro atoms. The van der Waals surface area contributed by atoms with Crippen molar-refractivity contribution in [1.82, 2.24) is 0 Å². The molecule has 6 heteroatoms. The van der Waals surface area contributed by atoms with Gasteiger partial charge in [0.25, 0.3) is 0 Å². The van der Waals surface area contributed by atoms with E-state index in [9.17, 15) is 9.96 Å². The molecule has 2 aromatic carbocycles. The highest BCUT2D eigenvalue weighted by atomic mass is 32.2. The number of nitrogens with zero attached hydrogens (tertiary/aromatic N) is 2. The van der Waals surface area contributed by atoms with Crippen LogP contribution in [-0.2, 0) is 4.79 Å². The van der Waals surface area contributed by atoms with E-state index in [1.54, 1.807) is 0 Å². The van der Waals surface area contributed by atoms with Crippen molar-refractivity contribution in [3.05, 3.63) is 72.6 Å². The Bertz CT molecular complexity index is 774. The summed E-state index contributed by atoms with van der Waals surface area (Å²) in [6, 6.07) is 20.1. The summed E-state index contributed by atoms with van der Waals surface area (Å²) in [5, 5.41) is 10.3. The Morgan fingerprint density at radius 3 is 1.92 bits per heavy atom. The van der Waals surface area contributed by atoms with Gasteiger partial charge in [0, 0.05) is 36.2 Å². The van der Waals surface area contributed by atoms with Crippen LogP contribution in [0.25, 0.3) is 0 Å². The highest BCUT2D eigenvalue weighted by Crippen LogP contribution is 2.66. The molecule has 3 rings (SSSR count). The third-order valence-corrected chi connectivity index (χ3v) is 8.48. The Morgan fingerprint density at radius 1 is 1.04 bits per heavy atom. The van der Waals surface area contributed by atoms with Crippen molar-refractivity contribution in [2.45, 2.75) is 13.3 Å². The summed E-state index contributed by atoms with van der Waals surface area (Å²) in [6.45, 7) is 7.71. The van der Waals surface area contributed by atoms with Gasteiger partial charge in [0.1, 0.15) is 0 Å². The molecule has 26 heavy (non-hydrogen) atoms. The lowest BCUT2D eigenvalue weighted by Gasteiger charge is -2.37. The number of hydrogen-bond donors (Lipinski definition) is 1. The molecule has 0 bridgehead atoms. The van der Waals surface area contributed by atoms with Gasteiger partial charge in [-0.15, -0.1) is 0 Å². The smallest absolute Gasteiger partial charge is 0.193 e. The van der Waals surface area contributed by atoms with Crippen LogP contribution in [0.15, 0.2) is 72.6 Å². The zero-order chi connectivity index (χ0) is 18.6. The summed E-state index contributed by atoms with van der Waals surface area (Å²) in [4.78, 5) is 12.2. The first-order chi connectivity index (χ1) is 12.6. The van der Waals surface area contributed by atoms with Gasteiger partial charge in [0.2, 0.25) is 0 Å². The van der Waals surface area contributed by atoms with Crippen molar-refractivity contribution in [2.24, 2.45) is 0 Å². The summed E-state index contributed by atoms with van der Waals surface area (Å²) in [6.07, 6.45) is 0.252. The van der Waals surface area contributed by atoms with E-state index in [4.69, 9.17) is 0 Å². The summed E-state index contributed by atoms with van der Waals surface area (Å²) < 4.78 is 4.29. The lowest BCUT2D eigenvalue weighted by atomic mass is 10.3. The molecule has 0 aliphatic carbocycles. The molecule has 1 saturated heterocycles. The van der Waals surface area contributed by atoms with Gasteiger partial charge in [-0.25, -0.2) is 0 Å². The van der Waals surface area contributed by atoms with Gasteiger partial charge in [-0.2, -0.15) is 0 Å². The molecule has 0 atom stereocenters. The first-order valence-electron chi connectivity index (χ1n) is 8.71. The number of carbonyl (C=O) groups excluding carboxylic acids is 1. The minimum Gasteiger partial charge on any atom is -0.318 e. The molecular weight excluding hydrogens is 361 g/mol. The average Bonchev–Trinajstić information content (AvgIpc) is 3.02. The quantitative estimate of drug-likeness (QED) is 0.638. The van der Waals surface area contributed by atoms with Gasteiger partial charge in [0.05, 0.1) is 0 Å². The number of para-hydroxylation sites is 2. The van der Waals surface area contributed by atoms with Crippen LogP contribution in [0.4, 0.5) is 11.4 Å². The van der Waals surface area contributed by atoms with E-state index in [0.717, 1.165) is 30.2 Å². The molecule has 0 aromatic heterocycles. The van der Waals surface area contributed by atoms with E-state index < -0.39 is 7.36 Å². The molecule has 0 unspecified atom stereocenters. The number of thioether (sulfide) groups is 1. The number of nitrogens with one attached hydrogen (secondary N) is 1. The second-order valence-corrected chi connectivity index (χ2v) is 10.2. The molecule has 2 aromatic rings. The second-order valence-electron chi connectivity index (χ2n) is 6.07. The number of benzene rings is 2. The van der Waals surface area contributed by atoms with Crippen LogP contribution in [0, 0.1) is 5.16 Å². The lowest BCUT2D eigenvalue weighted by Crippen LogP contribution is -2.20. The first-order valence-corrected chi connectivity index (χ1v) is 11.4. The fourth-order valence-electron chi connectivity index (χ4n) is 3.23. The van der Waals surface area contributed by atoms with E-state index in [1.807, 2.05) is 67.6 Å². The standard InChI is InChI=1S/C20H24N3OPS/c1-3-26-20(24)16-17(2)25(21)22(18-10-6-4-7-11-18)14-15-23(25)19-12-8-5-9-13-19/h4-13,21H,2-3,14-16H2,1H3. The Balaban J connectivity index is 2.00. The van der Waals surface area contributed by atoms with E-state index in [1.165, 1.54) is 11.8 Å². The highest BCUT2D eigenvalue weighted by Gasteiger charge is 2.41. The number of hydrogen-bond acceptors (Lipinski definition) is 3. The van der Waals surface area contributed by atoms with E-state index in [0.29, 0.717) is 5.31 Å². The number of anilines is 2. The van der Waals surface area contributed by atoms with Crippen LogP contribution in [0.1, 0.15) is 13.3 Å².